The molecule has 1 aromatic carbocycles. The molecule has 1 unspecified atom stereocenters. The third-order valence-corrected chi connectivity index (χ3v) is 3.58. The second-order valence-electron chi connectivity index (χ2n) is 3.80. The number of methoxy groups -OCH3 is 1. The molecular formula is C13H15ClN2OS. The van der Waals surface area contributed by atoms with E-state index in [0.717, 1.165) is 17.8 Å². The van der Waals surface area contributed by atoms with Gasteiger partial charge in [-0.15, -0.1) is 11.3 Å². The van der Waals surface area contributed by atoms with Gasteiger partial charge in [0.15, 0.2) is 0 Å². The Bertz CT molecular complexity index is 502. The van der Waals surface area contributed by atoms with E-state index in [1.54, 1.807) is 18.4 Å². The van der Waals surface area contributed by atoms with Crippen molar-refractivity contribution in [3.05, 3.63) is 45.4 Å². The van der Waals surface area contributed by atoms with Crippen LogP contribution in [0.5, 0.6) is 5.75 Å². The minimum absolute atomic E-state index is 0.0763. The number of nitrogens with zero attached hydrogens (tertiary/aromatic N) is 1. The molecule has 1 aromatic heterocycles. The molecule has 1 N–H and O–H groups in total. The van der Waals surface area contributed by atoms with E-state index in [9.17, 15) is 0 Å². The largest absolute Gasteiger partial charge is 0.495 e. The summed E-state index contributed by atoms with van der Waals surface area (Å²) in [5, 5.41) is 6.09. The van der Waals surface area contributed by atoms with Crippen molar-refractivity contribution in [1.82, 2.24) is 10.3 Å². The van der Waals surface area contributed by atoms with Gasteiger partial charge in [-0.3, -0.25) is 0 Å². The van der Waals surface area contributed by atoms with Crippen LogP contribution < -0.4 is 10.1 Å². The molecule has 96 valence electrons. The molecule has 5 heteroatoms. The molecule has 0 fully saturated rings. The van der Waals surface area contributed by atoms with Crippen molar-refractivity contribution in [2.24, 2.45) is 0 Å². The zero-order valence-electron chi connectivity index (χ0n) is 10.3. The lowest BCUT2D eigenvalue weighted by Gasteiger charge is -2.17. The second-order valence-corrected chi connectivity index (χ2v) is 4.92. The van der Waals surface area contributed by atoms with Crippen LogP contribution in [0.4, 0.5) is 0 Å². The van der Waals surface area contributed by atoms with Crippen LogP contribution in [-0.4, -0.2) is 18.6 Å². The maximum Gasteiger partial charge on any atom is 0.137 e. The van der Waals surface area contributed by atoms with Gasteiger partial charge in [-0.25, -0.2) is 4.98 Å². The van der Waals surface area contributed by atoms with E-state index in [1.807, 2.05) is 23.7 Å². The highest BCUT2D eigenvalue weighted by atomic mass is 35.5. The SMILES string of the molecule is CCNC(c1ccc(Cl)c(OC)c1)c1cscn1. The van der Waals surface area contributed by atoms with Gasteiger partial charge in [0.05, 0.1) is 29.4 Å². The van der Waals surface area contributed by atoms with Crippen molar-refractivity contribution in [2.75, 3.05) is 13.7 Å². The number of ether oxygens (including phenoxy) is 1. The number of aromatic nitrogens is 1. The van der Waals surface area contributed by atoms with E-state index in [1.165, 1.54) is 0 Å². The summed E-state index contributed by atoms with van der Waals surface area (Å²) in [5.74, 6) is 0.687. The fraction of sp³-hybridized carbons (Fsp3) is 0.308. The van der Waals surface area contributed by atoms with Crippen LogP contribution in [0.15, 0.2) is 29.1 Å². The average Bonchev–Trinajstić information content (AvgIpc) is 2.90. The molecule has 0 saturated carbocycles. The van der Waals surface area contributed by atoms with Gasteiger partial charge in [-0.1, -0.05) is 24.6 Å². The Labute approximate surface area is 116 Å². The predicted molar refractivity (Wildman–Crippen MR) is 75.6 cm³/mol. The summed E-state index contributed by atoms with van der Waals surface area (Å²) in [6.07, 6.45) is 0. The molecular weight excluding hydrogens is 268 g/mol. The summed E-state index contributed by atoms with van der Waals surface area (Å²) >= 11 is 7.64. The van der Waals surface area contributed by atoms with Crippen molar-refractivity contribution in [3.8, 4) is 5.75 Å². The second kappa shape index (κ2) is 6.18. The summed E-state index contributed by atoms with van der Waals surface area (Å²) in [5.41, 5.74) is 3.96. The molecule has 0 radical (unpaired) electrons. The number of hydrogen-bond acceptors (Lipinski definition) is 4. The lowest BCUT2D eigenvalue weighted by molar-refractivity contribution is 0.414. The first-order valence-corrected chi connectivity index (χ1v) is 7.03. The summed E-state index contributed by atoms with van der Waals surface area (Å²) < 4.78 is 5.25. The molecule has 2 rings (SSSR count). The van der Waals surface area contributed by atoms with E-state index in [4.69, 9.17) is 16.3 Å². The summed E-state index contributed by atoms with van der Waals surface area (Å²) in [6, 6.07) is 5.88. The van der Waals surface area contributed by atoms with E-state index in [2.05, 4.69) is 22.6 Å². The van der Waals surface area contributed by atoms with E-state index >= 15 is 0 Å². The van der Waals surface area contributed by atoms with Crippen LogP contribution >= 0.6 is 22.9 Å². The Balaban J connectivity index is 2.36. The van der Waals surface area contributed by atoms with Gasteiger partial charge >= 0.3 is 0 Å². The number of nitrogens with one attached hydrogen (secondary N) is 1. The maximum atomic E-state index is 6.04. The van der Waals surface area contributed by atoms with Gasteiger partial charge in [0.1, 0.15) is 5.75 Å². The Morgan fingerprint density at radius 2 is 2.33 bits per heavy atom. The summed E-state index contributed by atoms with van der Waals surface area (Å²) in [7, 11) is 1.62. The fourth-order valence-electron chi connectivity index (χ4n) is 1.82. The molecule has 18 heavy (non-hydrogen) atoms. The fourth-order valence-corrected chi connectivity index (χ4v) is 2.59. The zero-order valence-corrected chi connectivity index (χ0v) is 11.9. The van der Waals surface area contributed by atoms with Crippen molar-refractivity contribution in [3.63, 3.8) is 0 Å². The van der Waals surface area contributed by atoms with Crippen molar-refractivity contribution in [1.29, 1.82) is 0 Å². The lowest BCUT2D eigenvalue weighted by Crippen LogP contribution is -2.22. The van der Waals surface area contributed by atoms with Gasteiger partial charge in [0.25, 0.3) is 0 Å². The van der Waals surface area contributed by atoms with Crippen molar-refractivity contribution < 1.29 is 4.74 Å². The summed E-state index contributed by atoms with van der Waals surface area (Å²) in [6.45, 7) is 2.94. The van der Waals surface area contributed by atoms with Crippen molar-refractivity contribution >= 4 is 22.9 Å². The first-order chi connectivity index (χ1) is 8.76. The first kappa shape index (κ1) is 13.3. The van der Waals surface area contributed by atoms with E-state index in [-0.39, 0.29) is 6.04 Å². The minimum atomic E-state index is 0.0763. The van der Waals surface area contributed by atoms with E-state index < -0.39 is 0 Å². The van der Waals surface area contributed by atoms with Crippen LogP contribution in [-0.2, 0) is 0 Å². The quantitative estimate of drug-likeness (QED) is 0.911. The number of thiazole rings is 1. The molecule has 3 nitrogen and oxygen atoms in total. The Morgan fingerprint density at radius 3 is 2.94 bits per heavy atom. The molecule has 1 heterocycles. The van der Waals surface area contributed by atoms with Gasteiger partial charge in [0.2, 0.25) is 0 Å². The molecule has 0 aliphatic heterocycles. The van der Waals surface area contributed by atoms with Gasteiger partial charge in [-0.05, 0) is 24.2 Å². The topological polar surface area (TPSA) is 34.1 Å². The molecule has 0 spiro atoms. The third kappa shape index (κ3) is 2.83. The van der Waals surface area contributed by atoms with Gasteiger partial charge in [0, 0.05) is 5.38 Å². The lowest BCUT2D eigenvalue weighted by atomic mass is 10.0. The smallest absolute Gasteiger partial charge is 0.137 e. The molecule has 0 bridgehead atoms. The number of benzene rings is 1. The highest BCUT2D eigenvalue weighted by Crippen LogP contribution is 2.30. The zero-order chi connectivity index (χ0) is 13.0. The van der Waals surface area contributed by atoms with Crippen LogP contribution in [0.2, 0.25) is 5.02 Å². The van der Waals surface area contributed by atoms with Crippen LogP contribution in [0, 0.1) is 0 Å². The first-order valence-electron chi connectivity index (χ1n) is 5.71. The van der Waals surface area contributed by atoms with Crippen LogP contribution in [0.1, 0.15) is 24.2 Å². The predicted octanol–water partition coefficient (Wildman–Crippen LogP) is 3.50. The van der Waals surface area contributed by atoms with E-state index in [0.29, 0.717) is 10.8 Å². The Kier molecular flexibility index (Phi) is 4.58. The van der Waals surface area contributed by atoms with Gasteiger partial charge in [-0.2, -0.15) is 0 Å². The van der Waals surface area contributed by atoms with Gasteiger partial charge < -0.3 is 10.1 Å². The molecule has 1 atom stereocenters. The molecule has 0 amide bonds. The number of hydrogen-bond donors (Lipinski definition) is 1. The number of rotatable bonds is 5. The minimum Gasteiger partial charge on any atom is -0.495 e. The molecule has 0 aliphatic rings. The van der Waals surface area contributed by atoms with Crippen LogP contribution in [0.3, 0.4) is 0 Å². The monoisotopic (exact) mass is 282 g/mol. The Hall–Kier alpha value is -1.10. The molecule has 0 aliphatic carbocycles. The normalized spacial score (nSPS) is 12.4. The highest BCUT2D eigenvalue weighted by Gasteiger charge is 2.16. The highest BCUT2D eigenvalue weighted by molar-refractivity contribution is 7.07. The summed E-state index contributed by atoms with van der Waals surface area (Å²) in [4.78, 5) is 4.37. The standard InChI is InChI=1S/C13H15ClN2OS/c1-3-15-13(11-7-18-8-16-11)9-4-5-10(14)12(6-9)17-2/h4-8,13,15H,3H2,1-2H3. The molecule has 2 aromatic rings. The Morgan fingerprint density at radius 1 is 1.50 bits per heavy atom. The number of halogens is 1. The van der Waals surface area contributed by atoms with Crippen molar-refractivity contribution in [2.45, 2.75) is 13.0 Å². The maximum absolute atomic E-state index is 6.04. The average molecular weight is 283 g/mol. The van der Waals surface area contributed by atoms with Crippen LogP contribution in [0.25, 0.3) is 0 Å². The molecule has 0 saturated heterocycles. The third-order valence-electron chi connectivity index (χ3n) is 2.66.